The van der Waals surface area contributed by atoms with Crippen molar-refractivity contribution in [1.29, 1.82) is 0 Å². The molecule has 2 aromatic rings. The van der Waals surface area contributed by atoms with Gasteiger partial charge in [0, 0.05) is 45.8 Å². The van der Waals surface area contributed by atoms with Crippen LogP contribution in [-0.4, -0.2) is 87.8 Å². The molecule has 2 aliphatic heterocycles. The first-order valence-electron chi connectivity index (χ1n) is 13.1. The normalized spacial score (nSPS) is 22.3. The van der Waals surface area contributed by atoms with Crippen LogP contribution in [0.25, 0.3) is 0 Å². The maximum Gasteiger partial charge on any atom is 0.267 e. The zero-order chi connectivity index (χ0) is 27.3. The summed E-state index contributed by atoms with van der Waals surface area (Å²) in [5, 5.41) is 8.52. The SMILES string of the molecule is CN1CCN(CCOc2ccc(C3C(C)(C)OC(C[C@@H](CCO)c4ccccc4F)=NS3(=O)=O)cc2)CC1. The monoisotopic (exact) mass is 547 g/mol. The number of benzene rings is 2. The molecule has 0 bridgehead atoms. The minimum Gasteiger partial charge on any atom is -0.492 e. The first-order valence-corrected chi connectivity index (χ1v) is 14.6. The Labute approximate surface area is 225 Å². The lowest BCUT2D eigenvalue weighted by atomic mass is 9.91. The third-order valence-electron chi connectivity index (χ3n) is 7.24. The largest absolute Gasteiger partial charge is 0.492 e. The fraction of sp³-hybridized carbons (Fsp3) is 0.536. The second-order valence-electron chi connectivity index (χ2n) is 10.6. The molecule has 2 atom stereocenters. The highest BCUT2D eigenvalue weighted by Gasteiger charge is 2.47. The highest BCUT2D eigenvalue weighted by atomic mass is 32.2. The smallest absolute Gasteiger partial charge is 0.267 e. The van der Waals surface area contributed by atoms with Crippen LogP contribution >= 0.6 is 0 Å². The molecule has 4 rings (SSSR count). The molecule has 0 aliphatic carbocycles. The van der Waals surface area contributed by atoms with Crippen molar-refractivity contribution in [2.45, 2.75) is 43.5 Å². The Hall–Kier alpha value is -2.53. The molecular formula is C28H38FN3O5S. The number of ether oxygens (including phenoxy) is 2. The fourth-order valence-corrected chi connectivity index (χ4v) is 6.99. The Balaban J connectivity index is 1.44. The molecule has 38 heavy (non-hydrogen) atoms. The third-order valence-corrected chi connectivity index (χ3v) is 9.13. The lowest BCUT2D eigenvalue weighted by Crippen LogP contribution is -2.45. The summed E-state index contributed by atoms with van der Waals surface area (Å²) in [6.45, 7) is 8.82. The number of hydrogen-bond acceptors (Lipinski definition) is 7. The molecular weight excluding hydrogens is 509 g/mol. The number of hydrogen-bond donors (Lipinski definition) is 1. The average Bonchev–Trinajstić information content (AvgIpc) is 2.85. The molecule has 1 unspecified atom stereocenters. The van der Waals surface area contributed by atoms with Crippen molar-refractivity contribution in [2.75, 3.05) is 53.0 Å². The maximum atomic E-state index is 14.4. The van der Waals surface area contributed by atoms with Gasteiger partial charge in [0.15, 0.2) is 0 Å². The van der Waals surface area contributed by atoms with Crippen LogP contribution in [0.1, 0.15) is 49.0 Å². The Morgan fingerprint density at radius 2 is 1.82 bits per heavy atom. The van der Waals surface area contributed by atoms with Gasteiger partial charge < -0.3 is 19.5 Å². The van der Waals surface area contributed by atoms with Crippen LogP contribution in [0.2, 0.25) is 0 Å². The Morgan fingerprint density at radius 3 is 2.45 bits per heavy atom. The van der Waals surface area contributed by atoms with E-state index >= 15 is 0 Å². The number of likely N-dealkylation sites (N-methyl/N-ethyl adjacent to an activating group) is 1. The van der Waals surface area contributed by atoms with Crippen LogP contribution in [0.15, 0.2) is 52.9 Å². The second kappa shape index (κ2) is 12.1. The summed E-state index contributed by atoms with van der Waals surface area (Å²) in [5.74, 6) is -0.175. The summed E-state index contributed by atoms with van der Waals surface area (Å²) in [4.78, 5) is 4.68. The van der Waals surface area contributed by atoms with Gasteiger partial charge in [-0.2, -0.15) is 0 Å². The van der Waals surface area contributed by atoms with E-state index in [1.165, 1.54) is 6.07 Å². The number of aliphatic hydroxyl groups excluding tert-OH is 1. The van der Waals surface area contributed by atoms with E-state index < -0.39 is 32.6 Å². The van der Waals surface area contributed by atoms with E-state index in [-0.39, 0.29) is 25.3 Å². The van der Waals surface area contributed by atoms with E-state index in [9.17, 15) is 17.9 Å². The molecule has 1 saturated heterocycles. The van der Waals surface area contributed by atoms with E-state index in [1.807, 2.05) is 0 Å². The van der Waals surface area contributed by atoms with Crippen molar-refractivity contribution in [3.8, 4) is 5.75 Å². The summed E-state index contributed by atoms with van der Waals surface area (Å²) in [6.07, 6.45) is 0.320. The van der Waals surface area contributed by atoms with Crippen LogP contribution in [0, 0.1) is 5.82 Å². The standard InChI is InChI=1S/C28H38FN3O5S/c1-28(2)27(21-8-10-23(11-9-21)36-19-17-32-15-13-31(3)14-16-32)38(34,35)30-26(37-28)20-22(12-18-33)24-6-4-5-7-25(24)29/h4-11,22,27,33H,12-20H2,1-3H3/t22-,27?/m1/s1. The molecule has 8 nitrogen and oxygen atoms in total. The topological polar surface area (TPSA) is 91.7 Å². The van der Waals surface area contributed by atoms with E-state index in [1.54, 1.807) is 56.3 Å². The lowest BCUT2D eigenvalue weighted by Gasteiger charge is -2.38. The molecule has 0 saturated carbocycles. The molecule has 2 aromatic carbocycles. The van der Waals surface area contributed by atoms with E-state index in [2.05, 4.69) is 21.2 Å². The van der Waals surface area contributed by atoms with Gasteiger partial charge in [-0.25, -0.2) is 12.8 Å². The van der Waals surface area contributed by atoms with Crippen molar-refractivity contribution in [3.63, 3.8) is 0 Å². The number of aliphatic hydroxyl groups is 1. The van der Waals surface area contributed by atoms with Crippen molar-refractivity contribution >= 4 is 15.9 Å². The van der Waals surface area contributed by atoms with Gasteiger partial charge in [0.05, 0.1) is 0 Å². The Morgan fingerprint density at radius 1 is 1.13 bits per heavy atom. The molecule has 2 aliphatic rings. The average molecular weight is 548 g/mol. The molecule has 1 N–H and O–H groups in total. The maximum absolute atomic E-state index is 14.4. The first kappa shape index (κ1) is 28.5. The van der Waals surface area contributed by atoms with Gasteiger partial charge in [-0.3, -0.25) is 4.90 Å². The molecule has 0 amide bonds. The van der Waals surface area contributed by atoms with Crippen LogP contribution < -0.4 is 4.74 Å². The predicted octanol–water partition coefficient (Wildman–Crippen LogP) is 3.59. The number of rotatable bonds is 10. The molecule has 0 spiro atoms. The molecule has 208 valence electrons. The molecule has 2 heterocycles. The van der Waals surface area contributed by atoms with Crippen molar-refractivity contribution < 1.29 is 27.4 Å². The van der Waals surface area contributed by atoms with Crippen LogP contribution in [0.5, 0.6) is 5.75 Å². The number of halogens is 1. The minimum atomic E-state index is -3.98. The zero-order valence-corrected chi connectivity index (χ0v) is 23.2. The minimum absolute atomic E-state index is 0.0248. The van der Waals surface area contributed by atoms with Gasteiger partial charge >= 0.3 is 0 Å². The van der Waals surface area contributed by atoms with E-state index in [0.717, 1.165) is 32.7 Å². The van der Waals surface area contributed by atoms with Gasteiger partial charge in [-0.05, 0) is 62.6 Å². The zero-order valence-electron chi connectivity index (χ0n) is 22.3. The van der Waals surface area contributed by atoms with Crippen LogP contribution in [0.4, 0.5) is 4.39 Å². The van der Waals surface area contributed by atoms with Gasteiger partial charge in [-0.1, -0.05) is 30.3 Å². The summed E-state index contributed by atoms with van der Waals surface area (Å²) >= 11 is 0. The molecule has 10 heteroatoms. The van der Waals surface area contributed by atoms with Crippen molar-refractivity contribution in [1.82, 2.24) is 9.80 Å². The van der Waals surface area contributed by atoms with Gasteiger partial charge in [0.25, 0.3) is 10.0 Å². The molecule has 1 fully saturated rings. The lowest BCUT2D eigenvalue weighted by molar-refractivity contribution is 0.0797. The predicted molar refractivity (Wildman–Crippen MR) is 146 cm³/mol. The number of nitrogens with zero attached hydrogens (tertiary/aromatic N) is 3. The third kappa shape index (κ3) is 6.91. The van der Waals surface area contributed by atoms with Crippen LogP contribution in [-0.2, 0) is 14.8 Å². The molecule has 0 aromatic heterocycles. The quantitative estimate of drug-likeness (QED) is 0.486. The second-order valence-corrected chi connectivity index (χ2v) is 12.3. The highest BCUT2D eigenvalue weighted by Crippen LogP contribution is 2.42. The first-order chi connectivity index (χ1) is 18.1. The van der Waals surface area contributed by atoms with Crippen molar-refractivity contribution in [2.24, 2.45) is 4.40 Å². The van der Waals surface area contributed by atoms with Crippen molar-refractivity contribution in [3.05, 3.63) is 65.5 Å². The van der Waals surface area contributed by atoms with Gasteiger partial charge in [-0.15, -0.1) is 4.40 Å². The fourth-order valence-electron chi connectivity index (χ4n) is 5.22. The van der Waals surface area contributed by atoms with Gasteiger partial charge in [0.2, 0.25) is 5.90 Å². The Bertz CT molecular complexity index is 1210. The number of piperazine rings is 1. The summed E-state index contributed by atoms with van der Waals surface area (Å²) < 4.78 is 57.2. The van der Waals surface area contributed by atoms with E-state index in [4.69, 9.17) is 9.47 Å². The summed E-state index contributed by atoms with van der Waals surface area (Å²) in [5.41, 5.74) is -0.155. The Kier molecular flexibility index (Phi) is 9.07. The van der Waals surface area contributed by atoms with E-state index in [0.29, 0.717) is 23.5 Å². The summed E-state index contributed by atoms with van der Waals surface area (Å²) in [7, 11) is -1.85. The number of sulfonamides is 1. The molecule has 0 radical (unpaired) electrons. The summed E-state index contributed by atoms with van der Waals surface area (Å²) in [6, 6.07) is 13.3. The van der Waals surface area contributed by atoms with Crippen LogP contribution in [0.3, 0.4) is 0 Å². The highest BCUT2D eigenvalue weighted by molar-refractivity contribution is 7.90. The van der Waals surface area contributed by atoms with Gasteiger partial charge in [0.1, 0.15) is 29.0 Å².